The molecular weight excluding hydrogens is 202 g/mol. The van der Waals surface area contributed by atoms with E-state index in [0.717, 1.165) is 31.4 Å². The van der Waals surface area contributed by atoms with Crippen LogP contribution in [0.1, 0.15) is 26.2 Å². The van der Waals surface area contributed by atoms with Gasteiger partial charge in [-0.2, -0.15) is 0 Å². The molecule has 0 aromatic carbocycles. The normalized spacial score (nSPS) is 24.9. The van der Waals surface area contributed by atoms with Gasteiger partial charge in [-0.3, -0.25) is 5.32 Å². The molecule has 0 amide bonds. The van der Waals surface area contributed by atoms with Gasteiger partial charge in [-0.05, 0) is 19.3 Å². The van der Waals surface area contributed by atoms with Crippen LogP contribution >= 0.6 is 0 Å². The molecule has 2 rings (SSSR count). The zero-order chi connectivity index (χ0) is 11.5. The van der Waals surface area contributed by atoms with E-state index in [1.165, 1.54) is 12.8 Å². The fraction of sp³-hybridized carbons (Fsp3) is 0.818. The molecule has 2 heterocycles. The van der Waals surface area contributed by atoms with Crippen molar-refractivity contribution in [1.29, 1.82) is 0 Å². The number of aliphatic imine (C=N–C) groups is 2. The zero-order valence-corrected chi connectivity index (χ0v) is 10.4. The number of nitrogens with one attached hydrogen (secondary N) is 1. The average Bonchev–Trinajstić information content (AvgIpc) is 2.81. The van der Waals surface area contributed by atoms with Crippen LogP contribution in [0.4, 0.5) is 0 Å². The molecule has 2 aliphatic rings. The highest BCUT2D eigenvalue weighted by atomic mass is 15.4. The van der Waals surface area contributed by atoms with Crippen molar-refractivity contribution in [2.45, 2.75) is 32.4 Å². The van der Waals surface area contributed by atoms with Gasteiger partial charge in [0, 0.05) is 27.2 Å². The minimum Gasteiger partial charge on any atom is -0.349 e. The Balaban J connectivity index is 2.11. The van der Waals surface area contributed by atoms with E-state index in [-0.39, 0.29) is 6.17 Å². The van der Waals surface area contributed by atoms with E-state index >= 15 is 0 Å². The minimum absolute atomic E-state index is 0.0780. The van der Waals surface area contributed by atoms with Crippen molar-refractivity contribution < 1.29 is 0 Å². The second kappa shape index (κ2) is 4.72. The smallest absolute Gasteiger partial charge is 0.202 e. The van der Waals surface area contributed by atoms with Crippen molar-refractivity contribution in [2.75, 3.05) is 27.2 Å². The molecule has 1 unspecified atom stereocenters. The number of likely N-dealkylation sites (tertiary alicyclic amines) is 1. The van der Waals surface area contributed by atoms with Gasteiger partial charge in [0.1, 0.15) is 6.17 Å². The summed E-state index contributed by atoms with van der Waals surface area (Å²) in [5.74, 6) is 1.92. The van der Waals surface area contributed by atoms with Gasteiger partial charge in [-0.15, -0.1) is 0 Å². The molecule has 0 bridgehead atoms. The number of hydrogen-bond donors (Lipinski definition) is 1. The van der Waals surface area contributed by atoms with E-state index in [2.05, 4.69) is 27.1 Å². The lowest BCUT2D eigenvalue weighted by atomic mass is 10.4. The zero-order valence-electron chi connectivity index (χ0n) is 10.4. The summed E-state index contributed by atoms with van der Waals surface area (Å²) in [4.78, 5) is 13.5. The van der Waals surface area contributed by atoms with Crippen LogP contribution < -0.4 is 5.32 Å². The highest BCUT2D eigenvalue weighted by Crippen LogP contribution is 2.12. The monoisotopic (exact) mass is 223 g/mol. The molecule has 90 valence electrons. The van der Waals surface area contributed by atoms with Crippen LogP contribution in [0, 0.1) is 0 Å². The summed E-state index contributed by atoms with van der Waals surface area (Å²) in [7, 11) is 4.01. The molecule has 0 aromatic heterocycles. The van der Waals surface area contributed by atoms with Gasteiger partial charge in [0.25, 0.3) is 0 Å². The molecule has 0 aliphatic carbocycles. The van der Waals surface area contributed by atoms with E-state index in [1.54, 1.807) is 0 Å². The first-order valence-electron chi connectivity index (χ1n) is 6.05. The second-order valence-corrected chi connectivity index (χ2v) is 4.51. The van der Waals surface area contributed by atoms with Gasteiger partial charge >= 0.3 is 0 Å². The van der Waals surface area contributed by atoms with Gasteiger partial charge < -0.3 is 9.80 Å². The lowest BCUT2D eigenvalue weighted by Gasteiger charge is -2.29. The maximum absolute atomic E-state index is 4.63. The summed E-state index contributed by atoms with van der Waals surface area (Å²) in [6.07, 6.45) is 3.57. The predicted molar refractivity (Wildman–Crippen MR) is 66.6 cm³/mol. The number of nitrogens with zero attached hydrogens (tertiary/aromatic N) is 4. The lowest BCUT2D eigenvalue weighted by molar-refractivity contribution is 0.477. The fourth-order valence-electron chi connectivity index (χ4n) is 1.98. The summed E-state index contributed by atoms with van der Waals surface area (Å²) < 4.78 is 0. The van der Waals surface area contributed by atoms with Crippen molar-refractivity contribution in [3.8, 4) is 0 Å². The van der Waals surface area contributed by atoms with E-state index in [9.17, 15) is 0 Å². The maximum atomic E-state index is 4.63. The molecule has 1 N–H and O–H groups in total. The highest BCUT2D eigenvalue weighted by Gasteiger charge is 2.23. The van der Waals surface area contributed by atoms with Gasteiger partial charge in [0.15, 0.2) is 0 Å². The van der Waals surface area contributed by atoms with Gasteiger partial charge in [-0.1, -0.05) is 6.92 Å². The van der Waals surface area contributed by atoms with Crippen LogP contribution in [0.3, 0.4) is 0 Å². The molecule has 16 heavy (non-hydrogen) atoms. The van der Waals surface area contributed by atoms with Crippen molar-refractivity contribution in [2.24, 2.45) is 9.98 Å². The molecule has 0 saturated carbocycles. The fourth-order valence-corrected chi connectivity index (χ4v) is 1.98. The number of hydrogen-bond acceptors (Lipinski definition) is 5. The standard InChI is InChI=1S/C11H21N5/c1-4-9-12-10(15(2)3)14-11(13-9)16-7-5-6-8-16/h9H,4-8H2,1-3H3,(H,12,13,14). The topological polar surface area (TPSA) is 43.2 Å². The van der Waals surface area contributed by atoms with Crippen LogP contribution in [0.2, 0.25) is 0 Å². The third-order valence-corrected chi connectivity index (χ3v) is 2.96. The van der Waals surface area contributed by atoms with Gasteiger partial charge in [0.05, 0.1) is 0 Å². The Bertz CT molecular complexity index is 301. The quantitative estimate of drug-likeness (QED) is 0.711. The SMILES string of the molecule is CCC1N=C(N(C)C)NC(N2CCCC2)=N1. The molecule has 0 aromatic rings. The molecular formula is C11H21N5. The first kappa shape index (κ1) is 11.2. The van der Waals surface area contributed by atoms with Gasteiger partial charge in [-0.25, -0.2) is 9.98 Å². The Morgan fingerprint density at radius 2 is 2.00 bits per heavy atom. The van der Waals surface area contributed by atoms with Crippen molar-refractivity contribution in [3.05, 3.63) is 0 Å². The summed E-state index contributed by atoms with van der Waals surface area (Å²) in [5.41, 5.74) is 0. The predicted octanol–water partition coefficient (Wildman–Crippen LogP) is 0.695. The van der Waals surface area contributed by atoms with E-state index in [0.29, 0.717) is 0 Å². The van der Waals surface area contributed by atoms with E-state index < -0.39 is 0 Å². The highest BCUT2D eigenvalue weighted by molar-refractivity contribution is 6.00. The summed E-state index contributed by atoms with van der Waals surface area (Å²) in [5, 5.41) is 3.31. The minimum atomic E-state index is 0.0780. The van der Waals surface area contributed by atoms with Crippen molar-refractivity contribution >= 4 is 11.9 Å². The van der Waals surface area contributed by atoms with Crippen LogP contribution in [0.5, 0.6) is 0 Å². The third kappa shape index (κ3) is 2.28. The number of guanidine groups is 2. The molecule has 0 radical (unpaired) electrons. The van der Waals surface area contributed by atoms with Crippen LogP contribution in [0.15, 0.2) is 9.98 Å². The van der Waals surface area contributed by atoms with Gasteiger partial charge in [0.2, 0.25) is 11.9 Å². The molecule has 1 saturated heterocycles. The van der Waals surface area contributed by atoms with Crippen LogP contribution in [0.25, 0.3) is 0 Å². The molecule has 5 nitrogen and oxygen atoms in total. The van der Waals surface area contributed by atoms with Crippen LogP contribution in [-0.4, -0.2) is 55.1 Å². The Kier molecular flexibility index (Phi) is 3.31. The molecule has 0 spiro atoms. The van der Waals surface area contributed by atoms with E-state index in [1.807, 2.05) is 19.0 Å². The first-order valence-corrected chi connectivity index (χ1v) is 6.05. The number of rotatable bonds is 1. The van der Waals surface area contributed by atoms with E-state index in [4.69, 9.17) is 0 Å². The summed E-state index contributed by atoms with van der Waals surface area (Å²) in [6, 6.07) is 0. The van der Waals surface area contributed by atoms with Crippen molar-refractivity contribution in [1.82, 2.24) is 15.1 Å². The Morgan fingerprint density at radius 1 is 1.31 bits per heavy atom. The molecule has 1 atom stereocenters. The summed E-state index contributed by atoms with van der Waals surface area (Å²) in [6.45, 7) is 4.35. The Labute approximate surface area is 97.2 Å². The second-order valence-electron chi connectivity index (χ2n) is 4.51. The molecule has 1 fully saturated rings. The summed E-state index contributed by atoms with van der Waals surface area (Å²) >= 11 is 0. The lowest BCUT2D eigenvalue weighted by Crippen LogP contribution is -2.50. The Morgan fingerprint density at radius 3 is 2.56 bits per heavy atom. The Hall–Kier alpha value is -1.26. The molecule has 2 aliphatic heterocycles. The van der Waals surface area contributed by atoms with Crippen LogP contribution in [-0.2, 0) is 0 Å². The third-order valence-electron chi connectivity index (χ3n) is 2.96. The molecule has 5 heteroatoms. The average molecular weight is 223 g/mol. The first-order chi connectivity index (χ1) is 7.70. The largest absolute Gasteiger partial charge is 0.349 e. The van der Waals surface area contributed by atoms with Crippen molar-refractivity contribution in [3.63, 3.8) is 0 Å². The maximum Gasteiger partial charge on any atom is 0.202 e.